The number of ether oxygens (including phenoxy) is 1. The highest BCUT2D eigenvalue weighted by atomic mass is 16.5. The fraction of sp³-hybridized carbons (Fsp3) is 0.812. The average Bonchev–Trinajstić information content (AvgIpc) is 2.53. The number of hydrogen-bond donors (Lipinski definition) is 0. The second-order valence-corrected chi connectivity index (χ2v) is 5.78. The van der Waals surface area contributed by atoms with E-state index in [1.165, 1.54) is 7.11 Å². The predicted octanol–water partition coefficient (Wildman–Crippen LogP) is 2.51. The van der Waals surface area contributed by atoms with Crippen LogP contribution in [0.5, 0.6) is 0 Å². The number of nitriles is 1. The van der Waals surface area contributed by atoms with Gasteiger partial charge in [0, 0.05) is 13.1 Å². The first-order valence-electron chi connectivity index (χ1n) is 7.83. The predicted molar refractivity (Wildman–Crippen MR) is 79.2 cm³/mol. The summed E-state index contributed by atoms with van der Waals surface area (Å²) in [6.45, 7) is 5.07. The molecule has 0 radical (unpaired) electrons. The third-order valence-electron chi connectivity index (χ3n) is 4.29. The highest BCUT2D eigenvalue weighted by molar-refractivity contribution is 5.85. The lowest BCUT2D eigenvalue weighted by Crippen LogP contribution is -2.47. The number of amides is 1. The molecule has 0 bridgehead atoms. The fourth-order valence-electron chi connectivity index (χ4n) is 3.14. The summed E-state index contributed by atoms with van der Waals surface area (Å²) < 4.78 is 4.76. The molecule has 0 aliphatic carbocycles. The zero-order valence-corrected chi connectivity index (χ0v) is 13.4. The summed E-state index contributed by atoms with van der Waals surface area (Å²) in [5, 5.41) is 9.55. The van der Waals surface area contributed by atoms with Crippen molar-refractivity contribution in [3.63, 3.8) is 0 Å². The van der Waals surface area contributed by atoms with Crippen LogP contribution in [0.3, 0.4) is 0 Å². The zero-order valence-electron chi connectivity index (χ0n) is 13.4. The van der Waals surface area contributed by atoms with Gasteiger partial charge in [0.15, 0.2) is 0 Å². The largest absolute Gasteiger partial charge is 0.469 e. The van der Waals surface area contributed by atoms with Crippen LogP contribution in [0.25, 0.3) is 0 Å². The monoisotopic (exact) mass is 294 g/mol. The first kappa shape index (κ1) is 17.5. The summed E-state index contributed by atoms with van der Waals surface area (Å²) in [5.41, 5.74) is -0.887. The molecule has 5 heteroatoms. The van der Waals surface area contributed by atoms with Crippen LogP contribution in [0.2, 0.25) is 0 Å². The minimum Gasteiger partial charge on any atom is -0.469 e. The third-order valence-corrected chi connectivity index (χ3v) is 4.29. The molecular formula is C16H26N2O3. The van der Waals surface area contributed by atoms with Crippen LogP contribution in [0.15, 0.2) is 0 Å². The smallest absolute Gasteiger partial charge is 0.308 e. The Balaban J connectivity index is 2.74. The van der Waals surface area contributed by atoms with Crippen LogP contribution in [0, 0.1) is 22.7 Å². The molecule has 118 valence electrons. The van der Waals surface area contributed by atoms with Gasteiger partial charge in [0.2, 0.25) is 5.91 Å². The van der Waals surface area contributed by atoms with Crippen LogP contribution < -0.4 is 0 Å². The Morgan fingerprint density at radius 2 is 1.76 bits per heavy atom. The summed E-state index contributed by atoms with van der Waals surface area (Å²) in [4.78, 5) is 26.0. The molecule has 0 atom stereocenters. The van der Waals surface area contributed by atoms with Crippen molar-refractivity contribution in [3.8, 4) is 6.07 Å². The molecule has 0 aromatic rings. The number of rotatable bonds is 6. The quantitative estimate of drug-likeness (QED) is 0.706. The fourth-order valence-corrected chi connectivity index (χ4v) is 3.14. The van der Waals surface area contributed by atoms with Gasteiger partial charge in [-0.25, -0.2) is 0 Å². The van der Waals surface area contributed by atoms with Gasteiger partial charge >= 0.3 is 5.97 Å². The molecular weight excluding hydrogens is 268 g/mol. The molecule has 0 aromatic carbocycles. The van der Waals surface area contributed by atoms with Gasteiger partial charge in [-0.3, -0.25) is 9.59 Å². The van der Waals surface area contributed by atoms with E-state index in [4.69, 9.17) is 4.74 Å². The highest BCUT2D eigenvalue weighted by Crippen LogP contribution is 2.33. The van der Waals surface area contributed by atoms with Gasteiger partial charge in [0.25, 0.3) is 0 Å². The molecule has 0 unspecified atom stereocenters. The van der Waals surface area contributed by atoms with E-state index < -0.39 is 5.41 Å². The molecule has 1 amide bonds. The summed E-state index contributed by atoms with van der Waals surface area (Å²) in [6, 6.07) is 2.28. The minimum atomic E-state index is -0.887. The van der Waals surface area contributed by atoms with Crippen molar-refractivity contribution in [2.24, 2.45) is 11.3 Å². The summed E-state index contributed by atoms with van der Waals surface area (Å²) in [5.74, 6) is -0.374. The topological polar surface area (TPSA) is 70.4 Å². The summed E-state index contributed by atoms with van der Waals surface area (Å²) in [6.07, 6.45) is 4.09. The minimum absolute atomic E-state index is 0.0583. The van der Waals surface area contributed by atoms with Crippen molar-refractivity contribution in [1.29, 1.82) is 5.26 Å². The van der Waals surface area contributed by atoms with Crippen LogP contribution in [0.4, 0.5) is 0 Å². The Kier molecular flexibility index (Phi) is 6.67. The van der Waals surface area contributed by atoms with Crippen LogP contribution in [0.1, 0.15) is 52.4 Å². The Labute approximate surface area is 127 Å². The Hall–Kier alpha value is -1.57. The van der Waals surface area contributed by atoms with Gasteiger partial charge in [0.05, 0.1) is 19.1 Å². The molecule has 0 aromatic heterocycles. The molecule has 0 spiro atoms. The van der Waals surface area contributed by atoms with Crippen LogP contribution in [-0.4, -0.2) is 37.0 Å². The maximum Gasteiger partial charge on any atom is 0.308 e. The lowest BCUT2D eigenvalue weighted by molar-refractivity contribution is -0.150. The first-order valence-corrected chi connectivity index (χ1v) is 7.83. The summed E-state index contributed by atoms with van der Waals surface area (Å²) >= 11 is 0. The van der Waals surface area contributed by atoms with Crippen molar-refractivity contribution in [1.82, 2.24) is 4.90 Å². The van der Waals surface area contributed by atoms with E-state index in [9.17, 15) is 14.9 Å². The first-order chi connectivity index (χ1) is 10.0. The second-order valence-electron chi connectivity index (χ2n) is 5.78. The summed E-state index contributed by atoms with van der Waals surface area (Å²) in [7, 11) is 1.39. The highest BCUT2D eigenvalue weighted by Gasteiger charge is 2.41. The average molecular weight is 294 g/mol. The van der Waals surface area contributed by atoms with E-state index in [1.54, 1.807) is 4.90 Å². The third kappa shape index (κ3) is 3.96. The Bertz CT molecular complexity index is 400. The molecule has 1 rings (SSSR count). The lowest BCUT2D eigenvalue weighted by atomic mass is 9.78. The van der Waals surface area contributed by atoms with Crippen molar-refractivity contribution in [2.45, 2.75) is 52.4 Å². The van der Waals surface area contributed by atoms with Crippen molar-refractivity contribution < 1.29 is 14.3 Å². The Morgan fingerprint density at radius 3 is 2.14 bits per heavy atom. The standard InChI is InChI=1S/C16H26N2O3/c1-4-8-16(12-17,9-5-2)15(20)18-10-6-13(7-11-18)14(19)21-3/h13H,4-11H2,1-3H3. The number of nitrogens with zero attached hydrogens (tertiary/aromatic N) is 2. The van der Waals surface area contributed by atoms with Gasteiger partial charge in [-0.15, -0.1) is 0 Å². The maximum atomic E-state index is 12.8. The van der Waals surface area contributed by atoms with Crippen molar-refractivity contribution in [3.05, 3.63) is 0 Å². The molecule has 0 saturated carbocycles. The van der Waals surface area contributed by atoms with E-state index in [0.717, 1.165) is 12.8 Å². The van der Waals surface area contributed by atoms with E-state index in [0.29, 0.717) is 38.8 Å². The normalized spacial score (nSPS) is 16.4. The number of hydrogen-bond acceptors (Lipinski definition) is 4. The number of methoxy groups -OCH3 is 1. The van der Waals surface area contributed by atoms with E-state index >= 15 is 0 Å². The van der Waals surface area contributed by atoms with Gasteiger partial charge in [-0.1, -0.05) is 26.7 Å². The maximum absolute atomic E-state index is 12.8. The number of likely N-dealkylation sites (tertiary alicyclic amines) is 1. The van der Waals surface area contributed by atoms with Crippen molar-refractivity contribution >= 4 is 11.9 Å². The van der Waals surface area contributed by atoms with E-state index in [2.05, 4.69) is 6.07 Å². The number of carbonyl (C=O) groups is 2. The second kappa shape index (κ2) is 8.02. The number of carbonyl (C=O) groups excluding carboxylic acids is 2. The van der Waals surface area contributed by atoms with Gasteiger partial charge in [-0.05, 0) is 25.7 Å². The van der Waals surface area contributed by atoms with Crippen molar-refractivity contribution in [2.75, 3.05) is 20.2 Å². The molecule has 1 aliphatic heterocycles. The molecule has 1 aliphatic rings. The number of piperidine rings is 1. The Morgan fingerprint density at radius 1 is 1.24 bits per heavy atom. The molecule has 1 heterocycles. The SMILES string of the molecule is CCCC(C#N)(CCC)C(=O)N1CCC(C(=O)OC)CC1. The molecule has 1 fully saturated rings. The van der Waals surface area contributed by atoms with E-state index in [1.807, 2.05) is 13.8 Å². The number of esters is 1. The molecule has 0 N–H and O–H groups in total. The molecule has 21 heavy (non-hydrogen) atoms. The zero-order chi connectivity index (χ0) is 15.9. The van der Waals surface area contributed by atoms with E-state index in [-0.39, 0.29) is 17.8 Å². The van der Waals surface area contributed by atoms with Gasteiger partial charge in [0.1, 0.15) is 5.41 Å². The molecule has 1 saturated heterocycles. The van der Waals surface area contributed by atoms with Gasteiger partial charge < -0.3 is 9.64 Å². The van der Waals surface area contributed by atoms with Crippen LogP contribution in [-0.2, 0) is 14.3 Å². The lowest BCUT2D eigenvalue weighted by Gasteiger charge is -2.36. The van der Waals surface area contributed by atoms with Gasteiger partial charge in [-0.2, -0.15) is 5.26 Å². The van der Waals surface area contributed by atoms with Crippen LogP contribution >= 0.6 is 0 Å². The molecule has 5 nitrogen and oxygen atoms in total.